The Hall–Kier alpha value is -1.90. The maximum Gasteiger partial charge on any atom is 0.165 e. The zero-order valence-electron chi connectivity index (χ0n) is 13.7. The van der Waals surface area contributed by atoms with Gasteiger partial charge in [0.15, 0.2) is 5.82 Å². The first-order valence-corrected chi connectivity index (χ1v) is 8.06. The molecule has 1 aliphatic heterocycles. The third-order valence-electron chi connectivity index (χ3n) is 4.54. The fourth-order valence-corrected chi connectivity index (χ4v) is 3.08. The largest absolute Gasteiger partial charge is 0.385 e. The number of piperidine rings is 1. The lowest BCUT2D eigenvalue weighted by molar-refractivity contribution is -0.0310. The van der Waals surface area contributed by atoms with Crippen molar-refractivity contribution in [3.63, 3.8) is 0 Å². The van der Waals surface area contributed by atoms with E-state index in [2.05, 4.69) is 20.4 Å². The Labute approximate surface area is 140 Å². The second kappa shape index (κ2) is 7.33. The summed E-state index contributed by atoms with van der Waals surface area (Å²) < 4.78 is 20.8. The van der Waals surface area contributed by atoms with E-state index in [1.165, 1.54) is 6.07 Å². The van der Waals surface area contributed by atoms with Crippen LogP contribution in [0.25, 0.3) is 0 Å². The van der Waals surface area contributed by atoms with Gasteiger partial charge >= 0.3 is 0 Å². The summed E-state index contributed by atoms with van der Waals surface area (Å²) in [5.41, 5.74) is -0.723. The molecular weight excluding hydrogens is 313 g/mol. The molecule has 0 bridgehead atoms. The highest BCUT2D eigenvalue weighted by Crippen LogP contribution is 2.34. The van der Waals surface area contributed by atoms with Gasteiger partial charge in [-0.25, -0.2) is 9.07 Å². The van der Waals surface area contributed by atoms with Gasteiger partial charge in [0.25, 0.3) is 0 Å². The summed E-state index contributed by atoms with van der Waals surface area (Å²) in [5.74, 6) is 0.417. The Balaban J connectivity index is 1.61. The summed E-state index contributed by atoms with van der Waals surface area (Å²) >= 11 is 0. The Bertz CT molecular complexity index is 670. The van der Waals surface area contributed by atoms with Gasteiger partial charge < -0.3 is 9.84 Å². The van der Waals surface area contributed by atoms with E-state index < -0.39 is 5.60 Å². The maximum atomic E-state index is 14.0. The number of benzene rings is 1. The molecule has 7 nitrogen and oxygen atoms in total. The highest BCUT2D eigenvalue weighted by molar-refractivity contribution is 5.25. The van der Waals surface area contributed by atoms with E-state index in [0.29, 0.717) is 51.2 Å². The molecule has 2 aromatic rings. The predicted octanol–water partition coefficient (Wildman–Crippen LogP) is 0.942. The van der Waals surface area contributed by atoms with Crippen molar-refractivity contribution in [3.05, 3.63) is 41.5 Å². The van der Waals surface area contributed by atoms with E-state index in [-0.39, 0.29) is 5.82 Å². The Morgan fingerprint density at radius 3 is 2.75 bits per heavy atom. The summed E-state index contributed by atoms with van der Waals surface area (Å²) in [6.07, 6.45) is 0.959. The predicted molar refractivity (Wildman–Crippen MR) is 84.5 cm³/mol. The summed E-state index contributed by atoms with van der Waals surface area (Å²) in [6, 6.07) is 6.45. The molecule has 0 spiro atoms. The second-order valence-electron chi connectivity index (χ2n) is 6.10. The van der Waals surface area contributed by atoms with Crippen LogP contribution >= 0.6 is 0 Å². The number of rotatable bonds is 6. The van der Waals surface area contributed by atoms with Gasteiger partial charge in [-0.2, -0.15) is 0 Å². The van der Waals surface area contributed by atoms with Crippen LogP contribution in [-0.2, 0) is 23.4 Å². The number of aromatic nitrogens is 4. The van der Waals surface area contributed by atoms with Gasteiger partial charge in [0.2, 0.25) is 0 Å². The molecule has 1 saturated heterocycles. The number of halogens is 1. The molecule has 0 saturated carbocycles. The Morgan fingerprint density at radius 1 is 1.29 bits per heavy atom. The molecule has 1 aliphatic rings. The van der Waals surface area contributed by atoms with Crippen LogP contribution in [0, 0.1) is 5.82 Å². The van der Waals surface area contributed by atoms with Gasteiger partial charge in [-0.1, -0.05) is 18.2 Å². The van der Waals surface area contributed by atoms with E-state index in [1.54, 1.807) is 30.0 Å². The number of ether oxygens (including phenoxy) is 1. The number of likely N-dealkylation sites (tertiary alicyclic amines) is 1. The number of tetrazole rings is 1. The minimum Gasteiger partial charge on any atom is -0.385 e. The van der Waals surface area contributed by atoms with Crippen molar-refractivity contribution < 1.29 is 14.2 Å². The van der Waals surface area contributed by atoms with Crippen LogP contribution < -0.4 is 0 Å². The van der Waals surface area contributed by atoms with Crippen LogP contribution in [0.4, 0.5) is 4.39 Å². The standard InChI is InChI=1S/C16H22FN5O2/c1-24-11-10-22-15(18-19-20-22)12-21-8-6-16(23,7-9-21)13-4-2-3-5-14(13)17/h2-5,23H,6-12H2,1H3. The summed E-state index contributed by atoms with van der Waals surface area (Å²) in [5, 5.41) is 22.5. The van der Waals surface area contributed by atoms with Crippen molar-refractivity contribution in [2.24, 2.45) is 0 Å². The smallest absolute Gasteiger partial charge is 0.165 e. The molecule has 8 heteroatoms. The molecular formula is C16H22FN5O2. The number of nitrogens with zero attached hydrogens (tertiary/aromatic N) is 5. The van der Waals surface area contributed by atoms with Crippen molar-refractivity contribution in [1.82, 2.24) is 25.1 Å². The maximum absolute atomic E-state index is 14.0. The number of hydrogen-bond acceptors (Lipinski definition) is 6. The third-order valence-corrected chi connectivity index (χ3v) is 4.54. The van der Waals surface area contributed by atoms with Crippen molar-refractivity contribution in [1.29, 1.82) is 0 Å². The molecule has 1 aromatic heterocycles. The topological polar surface area (TPSA) is 76.3 Å². The van der Waals surface area contributed by atoms with Gasteiger partial charge in [-0.05, 0) is 29.3 Å². The van der Waals surface area contributed by atoms with E-state index in [4.69, 9.17) is 4.74 Å². The first-order valence-electron chi connectivity index (χ1n) is 8.06. The lowest BCUT2D eigenvalue weighted by Crippen LogP contribution is -2.43. The summed E-state index contributed by atoms with van der Waals surface area (Å²) in [4.78, 5) is 2.17. The molecule has 1 aromatic carbocycles. The monoisotopic (exact) mass is 335 g/mol. The average Bonchev–Trinajstić information content (AvgIpc) is 3.02. The molecule has 1 fully saturated rings. The molecule has 1 N–H and O–H groups in total. The van der Waals surface area contributed by atoms with Crippen LogP contribution in [0.3, 0.4) is 0 Å². The van der Waals surface area contributed by atoms with Crippen LogP contribution in [0.5, 0.6) is 0 Å². The second-order valence-corrected chi connectivity index (χ2v) is 6.10. The molecule has 2 heterocycles. The van der Waals surface area contributed by atoms with Gasteiger partial charge in [0.05, 0.1) is 25.3 Å². The van der Waals surface area contributed by atoms with E-state index in [1.807, 2.05) is 0 Å². The quantitative estimate of drug-likeness (QED) is 0.847. The number of hydrogen-bond donors (Lipinski definition) is 1. The summed E-state index contributed by atoms with van der Waals surface area (Å²) in [6.45, 7) is 3.06. The Morgan fingerprint density at radius 2 is 2.04 bits per heavy atom. The normalized spacial score (nSPS) is 18.0. The molecule has 0 amide bonds. The molecule has 0 aliphatic carbocycles. The van der Waals surface area contributed by atoms with Gasteiger partial charge in [0, 0.05) is 25.8 Å². The van der Waals surface area contributed by atoms with Gasteiger partial charge in [-0.3, -0.25) is 4.90 Å². The molecule has 0 atom stereocenters. The zero-order valence-corrected chi connectivity index (χ0v) is 13.7. The average molecular weight is 335 g/mol. The van der Waals surface area contributed by atoms with Crippen LogP contribution in [0.1, 0.15) is 24.2 Å². The molecule has 24 heavy (non-hydrogen) atoms. The summed E-state index contributed by atoms with van der Waals surface area (Å²) in [7, 11) is 1.64. The van der Waals surface area contributed by atoms with Crippen molar-refractivity contribution in [2.75, 3.05) is 26.8 Å². The lowest BCUT2D eigenvalue weighted by atomic mass is 9.84. The lowest BCUT2D eigenvalue weighted by Gasteiger charge is -2.38. The molecule has 130 valence electrons. The van der Waals surface area contributed by atoms with Gasteiger partial charge in [-0.15, -0.1) is 5.10 Å². The first-order chi connectivity index (χ1) is 11.6. The highest BCUT2D eigenvalue weighted by atomic mass is 19.1. The van der Waals surface area contributed by atoms with Crippen LogP contribution in [0.15, 0.2) is 24.3 Å². The minimum absolute atomic E-state index is 0.350. The van der Waals surface area contributed by atoms with Crippen molar-refractivity contribution in [3.8, 4) is 0 Å². The zero-order chi connectivity index (χ0) is 17.0. The fourth-order valence-electron chi connectivity index (χ4n) is 3.08. The molecule has 0 radical (unpaired) electrons. The fraction of sp³-hybridized carbons (Fsp3) is 0.562. The minimum atomic E-state index is -1.11. The third kappa shape index (κ3) is 3.61. The van der Waals surface area contributed by atoms with Crippen LogP contribution in [-0.4, -0.2) is 57.0 Å². The molecule has 0 unspecified atom stereocenters. The highest BCUT2D eigenvalue weighted by Gasteiger charge is 2.36. The number of aliphatic hydroxyl groups is 1. The Kier molecular flexibility index (Phi) is 5.17. The van der Waals surface area contributed by atoms with Crippen molar-refractivity contribution >= 4 is 0 Å². The molecule has 3 rings (SSSR count). The van der Waals surface area contributed by atoms with Crippen LogP contribution in [0.2, 0.25) is 0 Å². The van der Waals surface area contributed by atoms with E-state index in [0.717, 1.165) is 5.82 Å². The SMILES string of the molecule is COCCn1nnnc1CN1CCC(O)(c2ccccc2F)CC1. The van der Waals surface area contributed by atoms with E-state index >= 15 is 0 Å². The van der Waals surface area contributed by atoms with Crippen molar-refractivity contribution in [2.45, 2.75) is 31.5 Å². The number of methoxy groups -OCH3 is 1. The van der Waals surface area contributed by atoms with E-state index in [9.17, 15) is 9.50 Å². The van der Waals surface area contributed by atoms with Gasteiger partial charge in [0.1, 0.15) is 5.82 Å². The first kappa shape index (κ1) is 16.9.